The van der Waals surface area contributed by atoms with E-state index in [0.29, 0.717) is 12.0 Å². The van der Waals surface area contributed by atoms with E-state index in [4.69, 9.17) is 4.74 Å². The molecule has 0 bridgehead atoms. The van der Waals surface area contributed by atoms with Crippen molar-refractivity contribution in [2.24, 2.45) is 5.92 Å². The first-order valence-corrected chi connectivity index (χ1v) is 9.13. The second kappa shape index (κ2) is 7.85. The minimum Gasteiger partial charge on any atom is -0.374 e. The molecule has 24 heavy (non-hydrogen) atoms. The fourth-order valence-electron chi connectivity index (χ4n) is 3.23. The molecule has 2 aromatic rings. The van der Waals surface area contributed by atoms with Crippen LogP contribution in [-0.4, -0.2) is 25.8 Å². The van der Waals surface area contributed by atoms with Gasteiger partial charge in [-0.1, -0.05) is 55.8 Å². The molecule has 0 aliphatic carbocycles. The Morgan fingerprint density at radius 1 is 0.958 bits per heavy atom. The summed E-state index contributed by atoms with van der Waals surface area (Å²) in [6, 6.07) is 18.0. The molecular formula is C22H29NO. The topological polar surface area (TPSA) is 12.5 Å². The minimum atomic E-state index is 0.347. The lowest BCUT2D eigenvalue weighted by Gasteiger charge is -2.36. The van der Waals surface area contributed by atoms with E-state index in [1.165, 1.54) is 22.4 Å². The minimum absolute atomic E-state index is 0.347. The first kappa shape index (κ1) is 17.0. The maximum Gasteiger partial charge on any atom is 0.0773 e. The first-order chi connectivity index (χ1) is 11.6. The summed E-state index contributed by atoms with van der Waals surface area (Å²) in [4.78, 5) is 2.46. The third kappa shape index (κ3) is 4.39. The molecule has 3 rings (SSSR count). The number of anilines is 1. The zero-order valence-corrected chi connectivity index (χ0v) is 15.2. The average Bonchev–Trinajstić information content (AvgIpc) is 2.62. The molecule has 128 valence electrons. The summed E-state index contributed by atoms with van der Waals surface area (Å²) >= 11 is 0. The van der Waals surface area contributed by atoms with Crippen molar-refractivity contribution < 1.29 is 4.74 Å². The maximum absolute atomic E-state index is 5.87. The van der Waals surface area contributed by atoms with E-state index in [1.54, 1.807) is 0 Å². The number of rotatable bonds is 5. The lowest BCUT2D eigenvalue weighted by Crippen LogP contribution is -2.44. The van der Waals surface area contributed by atoms with Crippen LogP contribution in [0.5, 0.6) is 0 Å². The molecule has 0 saturated carbocycles. The van der Waals surface area contributed by atoms with Crippen molar-refractivity contribution in [2.45, 2.75) is 39.7 Å². The van der Waals surface area contributed by atoms with Crippen LogP contribution < -0.4 is 4.90 Å². The van der Waals surface area contributed by atoms with Crippen molar-refractivity contribution in [2.75, 3.05) is 24.6 Å². The van der Waals surface area contributed by atoms with Crippen molar-refractivity contribution in [1.29, 1.82) is 0 Å². The standard InChI is InChI=1S/C22H29NO/c1-17(2)22-16-23(14-15-24-22)21-12-10-20(11-13-21)9-8-19-6-4-18(3)5-7-19/h4-7,10-13,17,22H,8-9,14-16H2,1-3H3/t22-/m0/s1. The molecule has 2 heteroatoms. The van der Waals surface area contributed by atoms with E-state index in [2.05, 4.69) is 74.2 Å². The predicted molar refractivity (Wildman–Crippen MR) is 102 cm³/mol. The molecular weight excluding hydrogens is 294 g/mol. The molecule has 1 heterocycles. The van der Waals surface area contributed by atoms with Gasteiger partial charge in [-0.3, -0.25) is 0 Å². The Kier molecular flexibility index (Phi) is 5.57. The van der Waals surface area contributed by atoms with Gasteiger partial charge in [0.05, 0.1) is 12.7 Å². The lowest BCUT2D eigenvalue weighted by atomic mass is 10.0. The predicted octanol–water partition coefficient (Wildman–Crippen LogP) is 4.64. The highest BCUT2D eigenvalue weighted by Gasteiger charge is 2.23. The number of morpholine rings is 1. The van der Waals surface area contributed by atoms with Crippen LogP contribution in [-0.2, 0) is 17.6 Å². The van der Waals surface area contributed by atoms with Gasteiger partial charge in [0.1, 0.15) is 0 Å². The lowest BCUT2D eigenvalue weighted by molar-refractivity contribution is 0.0114. The van der Waals surface area contributed by atoms with E-state index in [0.717, 1.165) is 32.5 Å². The molecule has 0 N–H and O–H groups in total. The summed E-state index contributed by atoms with van der Waals surface area (Å²) in [5.74, 6) is 0.571. The van der Waals surface area contributed by atoms with E-state index in [9.17, 15) is 0 Å². The van der Waals surface area contributed by atoms with Crippen molar-refractivity contribution in [3.05, 3.63) is 65.2 Å². The van der Waals surface area contributed by atoms with Crippen molar-refractivity contribution >= 4 is 5.69 Å². The van der Waals surface area contributed by atoms with Crippen LogP contribution in [0.15, 0.2) is 48.5 Å². The van der Waals surface area contributed by atoms with E-state index in [-0.39, 0.29) is 0 Å². The van der Waals surface area contributed by atoms with Crippen molar-refractivity contribution in [1.82, 2.24) is 0 Å². The van der Waals surface area contributed by atoms with Crippen LogP contribution in [0, 0.1) is 12.8 Å². The summed E-state index contributed by atoms with van der Waals surface area (Å²) in [6.45, 7) is 9.44. The van der Waals surface area contributed by atoms with Crippen LogP contribution in [0.4, 0.5) is 5.69 Å². The zero-order valence-electron chi connectivity index (χ0n) is 15.2. The van der Waals surface area contributed by atoms with E-state index in [1.807, 2.05) is 0 Å². The Bertz CT molecular complexity index is 630. The maximum atomic E-state index is 5.87. The van der Waals surface area contributed by atoms with Gasteiger partial charge in [-0.2, -0.15) is 0 Å². The fourth-order valence-corrected chi connectivity index (χ4v) is 3.23. The summed E-state index contributed by atoms with van der Waals surface area (Å²) in [5.41, 5.74) is 5.47. The molecule has 0 radical (unpaired) electrons. The zero-order chi connectivity index (χ0) is 16.9. The Balaban J connectivity index is 1.57. The SMILES string of the molecule is Cc1ccc(CCc2ccc(N3CCO[C@H](C(C)C)C3)cc2)cc1. The fraction of sp³-hybridized carbons (Fsp3) is 0.455. The van der Waals surface area contributed by atoms with E-state index < -0.39 is 0 Å². The van der Waals surface area contributed by atoms with Gasteiger partial charge in [-0.15, -0.1) is 0 Å². The first-order valence-electron chi connectivity index (χ1n) is 9.13. The van der Waals surface area contributed by atoms with Gasteiger partial charge in [0, 0.05) is 18.8 Å². The molecule has 1 atom stereocenters. The van der Waals surface area contributed by atoms with Gasteiger partial charge >= 0.3 is 0 Å². The number of hydrogen-bond donors (Lipinski definition) is 0. The smallest absolute Gasteiger partial charge is 0.0773 e. The number of ether oxygens (including phenoxy) is 1. The Morgan fingerprint density at radius 2 is 1.54 bits per heavy atom. The Morgan fingerprint density at radius 3 is 2.12 bits per heavy atom. The number of hydrogen-bond acceptors (Lipinski definition) is 2. The highest BCUT2D eigenvalue weighted by molar-refractivity contribution is 5.48. The number of nitrogens with zero attached hydrogens (tertiary/aromatic N) is 1. The largest absolute Gasteiger partial charge is 0.374 e. The third-order valence-corrected chi connectivity index (χ3v) is 4.96. The average molecular weight is 323 g/mol. The van der Waals surface area contributed by atoms with Crippen LogP contribution in [0.25, 0.3) is 0 Å². The highest BCUT2D eigenvalue weighted by Crippen LogP contribution is 2.21. The molecule has 1 aliphatic heterocycles. The summed E-state index contributed by atoms with van der Waals surface area (Å²) in [6.07, 6.45) is 2.55. The molecule has 0 amide bonds. The molecule has 1 aliphatic rings. The van der Waals surface area contributed by atoms with Crippen molar-refractivity contribution in [3.63, 3.8) is 0 Å². The van der Waals surface area contributed by atoms with Gasteiger partial charge in [-0.05, 0) is 48.9 Å². The van der Waals surface area contributed by atoms with Gasteiger partial charge in [0.25, 0.3) is 0 Å². The third-order valence-electron chi connectivity index (χ3n) is 4.96. The van der Waals surface area contributed by atoms with Gasteiger partial charge < -0.3 is 9.64 Å². The molecule has 0 spiro atoms. The molecule has 1 fully saturated rings. The normalized spacial score (nSPS) is 18.2. The molecule has 0 unspecified atom stereocenters. The summed E-state index contributed by atoms with van der Waals surface area (Å²) in [7, 11) is 0. The van der Waals surface area contributed by atoms with Crippen LogP contribution in [0.3, 0.4) is 0 Å². The van der Waals surface area contributed by atoms with Crippen LogP contribution in [0.2, 0.25) is 0 Å². The van der Waals surface area contributed by atoms with E-state index >= 15 is 0 Å². The van der Waals surface area contributed by atoms with Gasteiger partial charge in [0.2, 0.25) is 0 Å². The highest BCUT2D eigenvalue weighted by atomic mass is 16.5. The summed E-state index contributed by atoms with van der Waals surface area (Å²) in [5, 5.41) is 0. The van der Waals surface area contributed by atoms with Gasteiger partial charge in [-0.25, -0.2) is 0 Å². The quantitative estimate of drug-likeness (QED) is 0.794. The Hall–Kier alpha value is -1.80. The van der Waals surface area contributed by atoms with Crippen molar-refractivity contribution in [3.8, 4) is 0 Å². The molecule has 0 aromatic heterocycles. The molecule has 2 aromatic carbocycles. The number of aryl methyl sites for hydroxylation is 3. The van der Waals surface area contributed by atoms with Gasteiger partial charge in [0.15, 0.2) is 0 Å². The van der Waals surface area contributed by atoms with Crippen LogP contribution in [0.1, 0.15) is 30.5 Å². The monoisotopic (exact) mass is 323 g/mol. The molecule has 2 nitrogen and oxygen atoms in total. The number of benzene rings is 2. The second-order valence-electron chi connectivity index (χ2n) is 7.25. The molecule has 1 saturated heterocycles. The summed E-state index contributed by atoms with van der Waals surface area (Å²) < 4.78 is 5.87. The Labute approximate surface area is 146 Å². The second-order valence-corrected chi connectivity index (χ2v) is 7.25. The van der Waals surface area contributed by atoms with Crippen LogP contribution >= 0.6 is 0 Å².